The fourth-order valence-corrected chi connectivity index (χ4v) is 1.28. The van der Waals surface area contributed by atoms with Crippen molar-refractivity contribution in [1.82, 2.24) is 0 Å². The predicted octanol–water partition coefficient (Wildman–Crippen LogP) is 5.26. The molecule has 0 radical (unpaired) electrons. The van der Waals surface area contributed by atoms with Crippen molar-refractivity contribution in [1.29, 1.82) is 0 Å². The zero-order valence-corrected chi connectivity index (χ0v) is 10.8. The highest BCUT2D eigenvalue weighted by Gasteiger charge is 1.95. The molecular weight excluding hydrogens is 168 g/mol. The molecule has 0 aromatic carbocycles. The largest absolute Gasteiger partial charge is 0.0775 e. The summed E-state index contributed by atoms with van der Waals surface area (Å²) in [5.41, 5.74) is 6.12. The zero-order chi connectivity index (χ0) is 11.1. The Balaban J connectivity index is 3.69. The molecule has 0 N–H and O–H groups in total. The highest BCUT2D eigenvalue weighted by atomic mass is 14.0. The highest BCUT2D eigenvalue weighted by molar-refractivity contribution is 5.08. The molecule has 0 aliphatic rings. The van der Waals surface area contributed by atoms with Crippen LogP contribution in [0.2, 0.25) is 0 Å². The average Bonchev–Trinajstić information content (AvgIpc) is 2.11. The van der Waals surface area contributed by atoms with Crippen molar-refractivity contribution in [3.63, 3.8) is 0 Å². The zero-order valence-electron chi connectivity index (χ0n) is 10.8. The lowest BCUT2D eigenvalue weighted by molar-refractivity contribution is 0.717. The van der Waals surface area contributed by atoms with E-state index in [0.29, 0.717) is 0 Å². The van der Waals surface area contributed by atoms with Crippen LogP contribution >= 0.6 is 0 Å². The second-order valence-electron chi connectivity index (χ2n) is 4.77. The maximum atomic E-state index is 2.25. The van der Waals surface area contributed by atoms with E-state index in [1.54, 1.807) is 11.1 Å². The fraction of sp³-hybridized carbons (Fsp3) is 0.714. The second kappa shape index (κ2) is 6.86. The number of hydrogen-bond acceptors (Lipinski definition) is 0. The summed E-state index contributed by atoms with van der Waals surface area (Å²) in [7, 11) is 0. The first-order valence-corrected chi connectivity index (χ1v) is 5.71. The molecule has 0 aliphatic heterocycles. The minimum Gasteiger partial charge on any atom is -0.0775 e. The van der Waals surface area contributed by atoms with Crippen molar-refractivity contribution in [2.45, 2.75) is 67.2 Å². The van der Waals surface area contributed by atoms with Crippen molar-refractivity contribution in [3.05, 3.63) is 22.3 Å². The van der Waals surface area contributed by atoms with Crippen LogP contribution in [-0.2, 0) is 0 Å². The third-order valence-electron chi connectivity index (χ3n) is 3.06. The molecule has 0 fully saturated rings. The van der Waals surface area contributed by atoms with Gasteiger partial charge in [-0.1, -0.05) is 22.3 Å². The molecule has 0 heteroatoms. The molecule has 0 aliphatic carbocycles. The Bertz CT molecular complexity index is 194. The van der Waals surface area contributed by atoms with Gasteiger partial charge in [0.1, 0.15) is 0 Å². The maximum absolute atomic E-state index is 2.25. The molecule has 0 atom stereocenters. The molecule has 82 valence electrons. The highest BCUT2D eigenvalue weighted by Crippen LogP contribution is 2.16. The second-order valence-corrected chi connectivity index (χ2v) is 4.77. The monoisotopic (exact) mass is 194 g/mol. The minimum absolute atomic E-state index is 1.28. The number of unbranched alkanes of at least 4 members (excludes halogenated alkanes) is 1. The smallest absolute Gasteiger partial charge is 0.0320 e. The number of allylic oxidation sites excluding steroid dienone is 4. The summed E-state index contributed by atoms with van der Waals surface area (Å²) in [5, 5.41) is 0. The summed E-state index contributed by atoms with van der Waals surface area (Å²) in [4.78, 5) is 0. The maximum Gasteiger partial charge on any atom is -0.0320 e. The Morgan fingerprint density at radius 3 is 1.07 bits per heavy atom. The van der Waals surface area contributed by atoms with Crippen molar-refractivity contribution >= 4 is 0 Å². The van der Waals surface area contributed by atoms with Crippen LogP contribution in [0.25, 0.3) is 0 Å². The van der Waals surface area contributed by atoms with Gasteiger partial charge in [-0.25, -0.2) is 0 Å². The summed E-state index contributed by atoms with van der Waals surface area (Å²) in [6, 6.07) is 0. The lowest BCUT2D eigenvalue weighted by Crippen LogP contribution is -1.85. The quantitative estimate of drug-likeness (QED) is 0.413. The molecule has 14 heavy (non-hydrogen) atoms. The first kappa shape index (κ1) is 13.5. The van der Waals surface area contributed by atoms with Gasteiger partial charge >= 0.3 is 0 Å². The molecule has 0 heterocycles. The predicted molar refractivity (Wildman–Crippen MR) is 66.6 cm³/mol. The summed E-state index contributed by atoms with van der Waals surface area (Å²) >= 11 is 0. The third kappa shape index (κ3) is 6.01. The van der Waals surface area contributed by atoms with Crippen LogP contribution in [0.1, 0.15) is 67.2 Å². The molecule has 0 amide bonds. The average molecular weight is 194 g/mol. The van der Waals surface area contributed by atoms with Gasteiger partial charge in [-0.3, -0.25) is 0 Å². The van der Waals surface area contributed by atoms with E-state index in [0.717, 1.165) is 0 Å². The normalized spacial score (nSPS) is 9.86. The molecule has 0 saturated carbocycles. The van der Waals surface area contributed by atoms with Gasteiger partial charge < -0.3 is 0 Å². The van der Waals surface area contributed by atoms with Crippen molar-refractivity contribution in [2.75, 3.05) is 0 Å². The van der Waals surface area contributed by atoms with E-state index >= 15 is 0 Å². The van der Waals surface area contributed by atoms with Crippen LogP contribution in [0.4, 0.5) is 0 Å². The van der Waals surface area contributed by atoms with Gasteiger partial charge in [0.15, 0.2) is 0 Å². The van der Waals surface area contributed by atoms with E-state index in [2.05, 4.69) is 41.5 Å². The lowest BCUT2D eigenvalue weighted by Gasteiger charge is -2.05. The summed E-state index contributed by atoms with van der Waals surface area (Å²) < 4.78 is 0. The fourth-order valence-electron chi connectivity index (χ4n) is 1.28. The van der Waals surface area contributed by atoms with Crippen LogP contribution in [0.5, 0.6) is 0 Å². The molecule has 0 spiro atoms. The van der Waals surface area contributed by atoms with E-state index < -0.39 is 0 Å². The molecule has 0 unspecified atom stereocenters. The topological polar surface area (TPSA) is 0 Å². The molecule has 0 aromatic heterocycles. The minimum atomic E-state index is 1.28. The summed E-state index contributed by atoms with van der Waals surface area (Å²) in [6.45, 7) is 13.3. The van der Waals surface area contributed by atoms with Gasteiger partial charge in [-0.05, 0) is 67.2 Å². The Morgan fingerprint density at radius 2 is 0.857 bits per heavy atom. The van der Waals surface area contributed by atoms with E-state index in [1.165, 1.54) is 36.8 Å². The first-order valence-electron chi connectivity index (χ1n) is 5.71. The van der Waals surface area contributed by atoms with E-state index in [4.69, 9.17) is 0 Å². The van der Waals surface area contributed by atoms with Crippen LogP contribution in [0, 0.1) is 0 Å². The molecule has 0 bridgehead atoms. The Hall–Kier alpha value is -0.520. The van der Waals surface area contributed by atoms with Gasteiger partial charge in [0.2, 0.25) is 0 Å². The van der Waals surface area contributed by atoms with Crippen molar-refractivity contribution in [2.24, 2.45) is 0 Å². The molecule has 0 nitrogen and oxygen atoms in total. The van der Waals surface area contributed by atoms with E-state index in [1.807, 2.05) is 0 Å². The summed E-state index contributed by atoms with van der Waals surface area (Å²) in [6.07, 6.45) is 5.22. The van der Waals surface area contributed by atoms with Crippen molar-refractivity contribution < 1.29 is 0 Å². The standard InChI is InChI=1S/C14H26/c1-11(2)13(5)9-7-8-10-14(6)12(3)4/h7-10H2,1-6H3. The SMILES string of the molecule is CC(C)=C(C)CCCCC(C)=C(C)C. The molecular formula is C14H26. The number of rotatable bonds is 5. The Morgan fingerprint density at radius 1 is 0.571 bits per heavy atom. The first-order chi connectivity index (χ1) is 6.45. The Labute approximate surface area is 90.1 Å². The Kier molecular flexibility index (Phi) is 6.61. The number of hydrogen-bond donors (Lipinski definition) is 0. The van der Waals surface area contributed by atoms with Gasteiger partial charge in [-0.15, -0.1) is 0 Å². The summed E-state index contributed by atoms with van der Waals surface area (Å²) in [5.74, 6) is 0. The van der Waals surface area contributed by atoms with Gasteiger partial charge in [-0.2, -0.15) is 0 Å². The van der Waals surface area contributed by atoms with Crippen LogP contribution < -0.4 is 0 Å². The lowest BCUT2D eigenvalue weighted by atomic mass is 10.0. The molecule has 0 rings (SSSR count). The van der Waals surface area contributed by atoms with Crippen LogP contribution in [0.15, 0.2) is 22.3 Å². The van der Waals surface area contributed by atoms with Gasteiger partial charge in [0.05, 0.1) is 0 Å². The molecule has 0 saturated heterocycles. The van der Waals surface area contributed by atoms with Gasteiger partial charge in [0.25, 0.3) is 0 Å². The van der Waals surface area contributed by atoms with E-state index in [9.17, 15) is 0 Å². The van der Waals surface area contributed by atoms with Crippen LogP contribution in [-0.4, -0.2) is 0 Å². The van der Waals surface area contributed by atoms with Crippen LogP contribution in [0.3, 0.4) is 0 Å². The van der Waals surface area contributed by atoms with Crippen molar-refractivity contribution in [3.8, 4) is 0 Å². The third-order valence-corrected chi connectivity index (χ3v) is 3.06. The van der Waals surface area contributed by atoms with E-state index in [-0.39, 0.29) is 0 Å². The van der Waals surface area contributed by atoms with Gasteiger partial charge in [0, 0.05) is 0 Å². The molecule has 0 aromatic rings.